The topological polar surface area (TPSA) is 98.1 Å². The maximum Gasteiger partial charge on any atom is 0.237 e. The lowest BCUT2D eigenvalue weighted by Crippen LogP contribution is -2.41. The van der Waals surface area contributed by atoms with Gasteiger partial charge in [0.05, 0.1) is 6.54 Å². The molecule has 0 aromatic carbocycles. The van der Waals surface area contributed by atoms with Crippen LogP contribution in [0.25, 0.3) is 0 Å². The van der Waals surface area contributed by atoms with Gasteiger partial charge in [-0.1, -0.05) is 12.8 Å². The Labute approximate surface area is 113 Å². The highest BCUT2D eigenvalue weighted by Crippen LogP contribution is 2.30. The van der Waals surface area contributed by atoms with Crippen LogP contribution in [0.15, 0.2) is 0 Å². The van der Waals surface area contributed by atoms with Gasteiger partial charge < -0.3 is 16.4 Å². The summed E-state index contributed by atoms with van der Waals surface area (Å²) in [4.78, 5) is 21.9. The van der Waals surface area contributed by atoms with Crippen molar-refractivity contribution in [3.05, 3.63) is 11.4 Å². The third-order valence-electron chi connectivity index (χ3n) is 3.63. The molecule has 0 radical (unpaired) electrons. The number of nitrogens with zero attached hydrogens (tertiary/aromatic N) is 3. The van der Waals surface area contributed by atoms with Gasteiger partial charge in [-0.2, -0.15) is 0 Å². The van der Waals surface area contributed by atoms with E-state index in [1.165, 1.54) is 12.8 Å². The van der Waals surface area contributed by atoms with E-state index in [-0.39, 0.29) is 12.5 Å². The Balaban J connectivity index is 2.39. The molecule has 19 heavy (non-hydrogen) atoms. The first-order valence-corrected chi connectivity index (χ1v) is 6.64. The second-order valence-corrected chi connectivity index (χ2v) is 5.14. The molecule has 1 amide bonds. The number of nitrogen functional groups attached to an aromatic ring is 1. The van der Waals surface area contributed by atoms with Crippen molar-refractivity contribution in [2.75, 3.05) is 17.2 Å². The highest BCUT2D eigenvalue weighted by molar-refractivity contribution is 5.80. The van der Waals surface area contributed by atoms with Gasteiger partial charge in [-0.05, 0) is 26.7 Å². The molecule has 0 bridgehead atoms. The van der Waals surface area contributed by atoms with E-state index in [0.717, 1.165) is 24.2 Å². The van der Waals surface area contributed by atoms with E-state index in [2.05, 4.69) is 9.97 Å². The number of rotatable bonds is 4. The zero-order chi connectivity index (χ0) is 14.0. The third-order valence-corrected chi connectivity index (χ3v) is 3.63. The van der Waals surface area contributed by atoms with Gasteiger partial charge >= 0.3 is 0 Å². The summed E-state index contributed by atoms with van der Waals surface area (Å²) in [5.74, 6) is 1.48. The van der Waals surface area contributed by atoms with Crippen molar-refractivity contribution in [2.24, 2.45) is 5.73 Å². The second kappa shape index (κ2) is 5.42. The molecule has 1 saturated carbocycles. The summed E-state index contributed by atoms with van der Waals surface area (Å²) >= 11 is 0. The number of amides is 1. The van der Waals surface area contributed by atoms with Crippen molar-refractivity contribution >= 4 is 17.5 Å². The summed E-state index contributed by atoms with van der Waals surface area (Å²) < 4.78 is 0. The molecular weight excluding hydrogens is 242 g/mol. The molecule has 0 unspecified atom stereocenters. The van der Waals surface area contributed by atoms with Crippen molar-refractivity contribution in [2.45, 2.75) is 45.6 Å². The van der Waals surface area contributed by atoms with Crippen molar-refractivity contribution in [3.8, 4) is 0 Å². The maximum absolute atomic E-state index is 11.3. The van der Waals surface area contributed by atoms with Crippen molar-refractivity contribution in [3.63, 3.8) is 0 Å². The fourth-order valence-electron chi connectivity index (χ4n) is 2.68. The van der Waals surface area contributed by atoms with Crippen LogP contribution in [0.5, 0.6) is 0 Å². The van der Waals surface area contributed by atoms with E-state index in [1.807, 2.05) is 11.8 Å². The van der Waals surface area contributed by atoms with Crippen LogP contribution in [0.1, 0.15) is 37.1 Å². The van der Waals surface area contributed by atoms with Crippen LogP contribution in [0.3, 0.4) is 0 Å². The normalized spacial score (nSPS) is 15.7. The lowest BCUT2D eigenvalue weighted by molar-refractivity contribution is -0.116. The summed E-state index contributed by atoms with van der Waals surface area (Å²) in [6, 6.07) is 0.319. The van der Waals surface area contributed by atoms with E-state index in [4.69, 9.17) is 11.5 Å². The Morgan fingerprint density at radius 1 is 1.32 bits per heavy atom. The van der Waals surface area contributed by atoms with Crippen LogP contribution in [0, 0.1) is 13.8 Å². The van der Waals surface area contributed by atoms with Crippen LogP contribution in [0.4, 0.5) is 11.6 Å². The van der Waals surface area contributed by atoms with Crippen LogP contribution in [-0.2, 0) is 4.79 Å². The summed E-state index contributed by atoms with van der Waals surface area (Å²) in [7, 11) is 0. The first kappa shape index (κ1) is 13.6. The number of hydrogen-bond acceptors (Lipinski definition) is 5. The van der Waals surface area contributed by atoms with Gasteiger partial charge in [0.25, 0.3) is 0 Å². The van der Waals surface area contributed by atoms with Gasteiger partial charge in [-0.3, -0.25) is 4.79 Å². The number of aromatic nitrogens is 2. The molecule has 1 aromatic heterocycles. The van der Waals surface area contributed by atoms with Crippen molar-refractivity contribution < 1.29 is 4.79 Å². The van der Waals surface area contributed by atoms with Gasteiger partial charge in [-0.25, -0.2) is 9.97 Å². The van der Waals surface area contributed by atoms with Crippen molar-refractivity contribution in [1.29, 1.82) is 0 Å². The van der Waals surface area contributed by atoms with Gasteiger partial charge in [0.1, 0.15) is 17.5 Å². The molecule has 2 rings (SSSR count). The number of hydrogen-bond donors (Lipinski definition) is 2. The molecular formula is C13H21N5O. The number of carbonyl (C=O) groups is 1. The first-order chi connectivity index (χ1) is 8.99. The minimum absolute atomic E-state index is 0.182. The van der Waals surface area contributed by atoms with Gasteiger partial charge in [0.15, 0.2) is 0 Å². The fraction of sp³-hybridized carbons (Fsp3) is 0.615. The average molecular weight is 263 g/mol. The number of carbonyl (C=O) groups excluding carboxylic acids is 1. The molecule has 0 aliphatic heterocycles. The zero-order valence-electron chi connectivity index (χ0n) is 11.5. The molecule has 4 N–H and O–H groups in total. The lowest BCUT2D eigenvalue weighted by Gasteiger charge is -2.30. The monoisotopic (exact) mass is 263 g/mol. The molecule has 1 aromatic rings. The van der Waals surface area contributed by atoms with E-state index >= 15 is 0 Å². The Morgan fingerprint density at radius 2 is 1.95 bits per heavy atom. The molecule has 1 heterocycles. The molecule has 0 atom stereocenters. The quantitative estimate of drug-likeness (QED) is 0.841. The van der Waals surface area contributed by atoms with Crippen LogP contribution < -0.4 is 16.4 Å². The van der Waals surface area contributed by atoms with E-state index in [0.29, 0.717) is 17.7 Å². The highest BCUT2D eigenvalue weighted by atomic mass is 16.1. The van der Waals surface area contributed by atoms with Gasteiger partial charge in [0, 0.05) is 11.6 Å². The molecule has 6 nitrogen and oxygen atoms in total. The number of nitrogens with two attached hydrogens (primary N) is 2. The molecule has 0 spiro atoms. The van der Waals surface area contributed by atoms with E-state index in [9.17, 15) is 4.79 Å². The van der Waals surface area contributed by atoms with E-state index < -0.39 is 0 Å². The van der Waals surface area contributed by atoms with Crippen molar-refractivity contribution in [1.82, 2.24) is 9.97 Å². The standard InChI is InChI=1S/C13H21N5O/c1-8-12(15)16-9(2)17-13(8)18(7-11(14)19)10-5-3-4-6-10/h10H,3-7H2,1-2H3,(H2,14,19)(H2,15,16,17). The SMILES string of the molecule is Cc1nc(N)c(C)c(N(CC(N)=O)C2CCCC2)n1. The first-order valence-electron chi connectivity index (χ1n) is 6.64. The average Bonchev–Trinajstić information content (AvgIpc) is 2.84. The predicted molar refractivity (Wildman–Crippen MR) is 74.7 cm³/mol. The lowest BCUT2D eigenvalue weighted by atomic mass is 10.1. The summed E-state index contributed by atoms with van der Waals surface area (Å²) in [6.07, 6.45) is 4.49. The summed E-state index contributed by atoms with van der Waals surface area (Å²) in [5.41, 5.74) is 12.1. The predicted octanol–water partition coefficient (Wildman–Crippen LogP) is 0.910. The Bertz CT molecular complexity index is 482. The molecule has 0 saturated heterocycles. The Morgan fingerprint density at radius 3 is 2.53 bits per heavy atom. The number of aryl methyl sites for hydroxylation is 1. The maximum atomic E-state index is 11.3. The smallest absolute Gasteiger partial charge is 0.237 e. The van der Waals surface area contributed by atoms with Crippen LogP contribution in [-0.4, -0.2) is 28.5 Å². The third kappa shape index (κ3) is 2.94. The van der Waals surface area contributed by atoms with Gasteiger partial charge in [0.2, 0.25) is 5.91 Å². The number of primary amides is 1. The minimum atomic E-state index is -0.346. The highest BCUT2D eigenvalue weighted by Gasteiger charge is 2.27. The summed E-state index contributed by atoms with van der Waals surface area (Å²) in [6.45, 7) is 3.87. The van der Waals surface area contributed by atoms with E-state index in [1.54, 1.807) is 6.92 Å². The van der Waals surface area contributed by atoms with Crippen LogP contribution in [0.2, 0.25) is 0 Å². The Hall–Kier alpha value is -1.85. The molecule has 1 fully saturated rings. The fourth-order valence-corrected chi connectivity index (χ4v) is 2.68. The van der Waals surface area contributed by atoms with Gasteiger partial charge in [-0.15, -0.1) is 0 Å². The zero-order valence-corrected chi connectivity index (χ0v) is 11.5. The molecule has 104 valence electrons. The molecule has 1 aliphatic carbocycles. The Kier molecular flexibility index (Phi) is 3.87. The summed E-state index contributed by atoms with van der Waals surface area (Å²) in [5, 5.41) is 0. The largest absolute Gasteiger partial charge is 0.383 e. The molecule has 6 heteroatoms. The number of anilines is 2. The minimum Gasteiger partial charge on any atom is -0.383 e. The van der Waals surface area contributed by atoms with Crippen LogP contribution >= 0.6 is 0 Å². The second-order valence-electron chi connectivity index (χ2n) is 5.14. The molecule has 1 aliphatic rings.